The fraction of sp³-hybridized carbons (Fsp3) is 0.476. The number of thioether (sulfide) groups is 1. The van der Waals surface area contributed by atoms with Crippen LogP contribution in [0.3, 0.4) is 0 Å². The fourth-order valence-electron chi connectivity index (χ4n) is 4.03. The topological polar surface area (TPSA) is 86.9 Å². The Balaban J connectivity index is 1.40. The number of carbonyl (C=O) groups excluding carboxylic acids is 1. The Morgan fingerprint density at radius 3 is 2.81 bits per heavy atom. The molecule has 1 saturated heterocycles. The van der Waals surface area contributed by atoms with Gasteiger partial charge in [-0.2, -0.15) is 0 Å². The normalized spacial score (nSPS) is 18.0. The van der Waals surface area contributed by atoms with Crippen LogP contribution in [0.5, 0.6) is 0 Å². The third-order valence-corrected chi connectivity index (χ3v) is 9.54. The molecule has 0 unspecified atom stereocenters. The van der Waals surface area contributed by atoms with E-state index in [1.165, 1.54) is 16.6 Å². The van der Waals surface area contributed by atoms with Gasteiger partial charge in [0.1, 0.15) is 5.82 Å². The molecule has 3 aromatic rings. The predicted molar refractivity (Wildman–Crippen MR) is 124 cm³/mol. The molecule has 7 nitrogen and oxygen atoms in total. The Kier molecular flexibility index (Phi) is 6.41. The first kappa shape index (κ1) is 22.3. The zero-order valence-corrected chi connectivity index (χ0v) is 20.3. The minimum atomic E-state index is -2.90. The zero-order valence-electron chi connectivity index (χ0n) is 17.9. The first-order valence-corrected chi connectivity index (χ1v) is 13.9. The maximum absolute atomic E-state index is 12.9. The van der Waals surface area contributed by atoms with Crippen molar-refractivity contribution in [1.29, 1.82) is 0 Å². The Labute approximate surface area is 190 Å². The molecule has 0 bridgehead atoms. The highest BCUT2D eigenvalue weighted by Crippen LogP contribution is 2.25. The van der Waals surface area contributed by atoms with Crippen molar-refractivity contribution in [3.8, 4) is 0 Å². The van der Waals surface area contributed by atoms with Gasteiger partial charge >= 0.3 is 0 Å². The molecule has 1 fully saturated rings. The number of nitrogens with zero attached hydrogens (tertiary/aromatic N) is 4. The third kappa shape index (κ3) is 4.96. The molecule has 1 atom stereocenters. The van der Waals surface area contributed by atoms with Crippen LogP contribution in [0.2, 0.25) is 0 Å². The van der Waals surface area contributed by atoms with Crippen molar-refractivity contribution in [2.24, 2.45) is 13.0 Å². The number of rotatable bonds is 8. The second-order valence-corrected chi connectivity index (χ2v) is 12.3. The molecule has 4 heterocycles. The van der Waals surface area contributed by atoms with Crippen LogP contribution >= 0.6 is 23.1 Å². The van der Waals surface area contributed by atoms with Crippen molar-refractivity contribution >= 4 is 38.7 Å². The van der Waals surface area contributed by atoms with E-state index < -0.39 is 9.84 Å². The summed E-state index contributed by atoms with van der Waals surface area (Å²) >= 11 is 3.09. The molecule has 0 spiro atoms. The lowest BCUT2D eigenvalue weighted by Crippen LogP contribution is -2.11. The smallest absolute Gasteiger partial charge is 0.191 e. The largest absolute Gasteiger partial charge is 0.343 e. The molecule has 3 aromatic heterocycles. The summed E-state index contributed by atoms with van der Waals surface area (Å²) in [5, 5.41) is 11.2. The lowest BCUT2D eigenvalue weighted by molar-refractivity contribution is 0.102. The SMILES string of the molecule is Cc1cc(C(=O)CSc2nnc(C[C@@H]3CCS(=O)(=O)C3)n2C)c(C)n1Cc1cccs1. The number of sulfone groups is 1. The molecule has 31 heavy (non-hydrogen) atoms. The summed E-state index contributed by atoms with van der Waals surface area (Å²) in [4.78, 5) is 14.2. The van der Waals surface area contributed by atoms with Crippen molar-refractivity contribution in [2.75, 3.05) is 17.3 Å². The molecule has 0 aliphatic carbocycles. The second kappa shape index (κ2) is 8.91. The summed E-state index contributed by atoms with van der Waals surface area (Å²) in [6.07, 6.45) is 1.28. The highest BCUT2D eigenvalue weighted by atomic mass is 32.2. The maximum Gasteiger partial charge on any atom is 0.191 e. The van der Waals surface area contributed by atoms with Gasteiger partial charge in [-0.05, 0) is 43.7 Å². The number of Topliss-reactive ketones (excluding diaryl/α,β-unsaturated/α-hetero) is 1. The summed E-state index contributed by atoms with van der Waals surface area (Å²) in [5.41, 5.74) is 2.81. The van der Waals surface area contributed by atoms with Crippen molar-refractivity contribution in [1.82, 2.24) is 19.3 Å². The second-order valence-electron chi connectivity index (χ2n) is 8.09. The molecule has 0 amide bonds. The van der Waals surface area contributed by atoms with Gasteiger partial charge in [-0.15, -0.1) is 21.5 Å². The highest BCUT2D eigenvalue weighted by Gasteiger charge is 2.29. The molecule has 0 saturated carbocycles. The van der Waals surface area contributed by atoms with E-state index in [0.29, 0.717) is 18.0 Å². The summed E-state index contributed by atoms with van der Waals surface area (Å²) < 4.78 is 27.4. The molecule has 0 N–H and O–H groups in total. The van der Waals surface area contributed by atoms with Gasteiger partial charge in [0.05, 0.1) is 23.8 Å². The van der Waals surface area contributed by atoms with E-state index in [1.807, 2.05) is 37.6 Å². The van der Waals surface area contributed by atoms with Gasteiger partial charge in [-0.25, -0.2) is 8.42 Å². The quantitative estimate of drug-likeness (QED) is 0.365. The average molecular weight is 479 g/mol. The van der Waals surface area contributed by atoms with Crippen molar-refractivity contribution in [2.45, 2.75) is 38.4 Å². The molecule has 4 rings (SSSR count). The third-order valence-electron chi connectivity index (χ3n) is 5.82. The highest BCUT2D eigenvalue weighted by molar-refractivity contribution is 7.99. The number of carbonyl (C=O) groups is 1. The van der Waals surface area contributed by atoms with E-state index in [1.54, 1.807) is 11.3 Å². The Morgan fingerprint density at radius 2 is 2.13 bits per heavy atom. The van der Waals surface area contributed by atoms with Gasteiger partial charge in [0.2, 0.25) is 0 Å². The fourth-order valence-corrected chi connectivity index (χ4v) is 7.40. The van der Waals surface area contributed by atoms with E-state index >= 15 is 0 Å². The Hall–Kier alpha value is -1.91. The summed E-state index contributed by atoms with van der Waals surface area (Å²) in [6.45, 7) is 4.80. The summed E-state index contributed by atoms with van der Waals surface area (Å²) in [7, 11) is -1.03. The molecule has 0 radical (unpaired) electrons. The van der Waals surface area contributed by atoms with E-state index in [0.717, 1.165) is 29.3 Å². The lowest BCUT2D eigenvalue weighted by atomic mass is 10.1. The van der Waals surface area contributed by atoms with Crippen molar-refractivity contribution in [3.05, 3.63) is 51.2 Å². The van der Waals surface area contributed by atoms with Gasteiger partial charge in [0.25, 0.3) is 0 Å². The van der Waals surface area contributed by atoms with E-state index in [9.17, 15) is 13.2 Å². The average Bonchev–Trinajstić information content (AvgIpc) is 3.48. The van der Waals surface area contributed by atoms with Crippen molar-refractivity contribution < 1.29 is 13.2 Å². The van der Waals surface area contributed by atoms with Crippen LogP contribution in [0.15, 0.2) is 28.7 Å². The molecule has 10 heteroatoms. The first-order chi connectivity index (χ1) is 14.7. The predicted octanol–water partition coefficient (Wildman–Crippen LogP) is 3.30. The number of aryl methyl sites for hydroxylation is 1. The van der Waals surface area contributed by atoms with Gasteiger partial charge in [0.15, 0.2) is 20.8 Å². The standard InChI is InChI=1S/C21H26N4O3S3/c1-14-9-18(15(2)25(14)11-17-5-4-7-29-17)19(26)12-30-21-23-22-20(24(21)3)10-16-6-8-31(27,28)13-16/h4-5,7,9,16H,6,8,10-13H2,1-3H3/t16-/m0/s1. The summed E-state index contributed by atoms with van der Waals surface area (Å²) in [6, 6.07) is 6.11. The first-order valence-electron chi connectivity index (χ1n) is 10.2. The van der Waals surface area contributed by atoms with Crippen LogP contribution in [-0.4, -0.2) is 50.8 Å². The minimum absolute atomic E-state index is 0.0713. The number of ketones is 1. The summed E-state index contributed by atoms with van der Waals surface area (Å²) in [5.74, 6) is 1.71. The van der Waals surface area contributed by atoms with Crippen LogP contribution in [0, 0.1) is 19.8 Å². The van der Waals surface area contributed by atoms with Gasteiger partial charge in [-0.3, -0.25) is 4.79 Å². The van der Waals surface area contributed by atoms with Gasteiger partial charge in [0, 0.05) is 35.3 Å². The van der Waals surface area contributed by atoms with Crippen LogP contribution in [-0.2, 0) is 29.9 Å². The molecular weight excluding hydrogens is 452 g/mol. The number of thiophene rings is 1. The minimum Gasteiger partial charge on any atom is -0.343 e. The van der Waals surface area contributed by atoms with Crippen LogP contribution in [0.1, 0.15) is 38.9 Å². The van der Waals surface area contributed by atoms with E-state index in [-0.39, 0.29) is 29.0 Å². The van der Waals surface area contributed by atoms with Crippen LogP contribution in [0.25, 0.3) is 0 Å². The monoisotopic (exact) mass is 478 g/mol. The molecular formula is C21H26N4O3S3. The van der Waals surface area contributed by atoms with E-state index in [4.69, 9.17) is 0 Å². The Bertz CT molecular complexity index is 1190. The lowest BCUT2D eigenvalue weighted by Gasteiger charge is -2.09. The molecule has 0 aromatic carbocycles. The van der Waals surface area contributed by atoms with E-state index in [2.05, 4.69) is 26.2 Å². The van der Waals surface area contributed by atoms with Crippen molar-refractivity contribution in [3.63, 3.8) is 0 Å². The Morgan fingerprint density at radius 1 is 1.32 bits per heavy atom. The zero-order chi connectivity index (χ0) is 22.2. The van der Waals surface area contributed by atoms with Crippen LogP contribution < -0.4 is 0 Å². The van der Waals surface area contributed by atoms with Gasteiger partial charge < -0.3 is 9.13 Å². The molecule has 1 aliphatic rings. The number of hydrogen-bond donors (Lipinski definition) is 0. The van der Waals surface area contributed by atoms with Gasteiger partial charge in [-0.1, -0.05) is 17.8 Å². The molecule has 166 valence electrons. The maximum atomic E-state index is 12.9. The number of hydrogen-bond acceptors (Lipinski definition) is 7. The molecule has 1 aliphatic heterocycles. The van der Waals surface area contributed by atoms with Crippen LogP contribution in [0.4, 0.5) is 0 Å². The number of aromatic nitrogens is 4.